The van der Waals surface area contributed by atoms with Crippen molar-refractivity contribution in [1.82, 2.24) is 5.32 Å². The van der Waals surface area contributed by atoms with Gasteiger partial charge in [-0.25, -0.2) is 9.59 Å². The number of nitrogens with one attached hydrogen (secondary N) is 1. The summed E-state index contributed by atoms with van der Waals surface area (Å²) in [7, 11) is 0. The van der Waals surface area contributed by atoms with Gasteiger partial charge in [0.25, 0.3) is 0 Å². The lowest BCUT2D eigenvalue weighted by atomic mass is 9.81. The molecule has 4 fully saturated rings. The molecule has 35 heavy (non-hydrogen) atoms. The van der Waals surface area contributed by atoms with Crippen LogP contribution in [-0.2, 0) is 19.1 Å². The van der Waals surface area contributed by atoms with Gasteiger partial charge in [0, 0.05) is 11.8 Å². The molecule has 0 radical (unpaired) electrons. The van der Waals surface area contributed by atoms with Gasteiger partial charge in [-0.05, 0) is 84.0 Å². The van der Waals surface area contributed by atoms with Crippen LogP contribution in [0.2, 0.25) is 0 Å². The van der Waals surface area contributed by atoms with Gasteiger partial charge in [0.15, 0.2) is 11.6 Å². The molecule has 0 heterocycles. The summed E-state index contributed by atoms with van der Waals surface area (Å²) in [6.45, 7) is 5.51. The van der Waals surface area contributed by atoms with Gasteiger partial charge in [-0.15, -0.1) is 0 Å². The summed E-state index contributed by atoms with van der Waals surface area (Å²) in [6.07, 6.45) is 16.4. The fourth-order valence-electron chi connectivity index (χ4n) is 5.46. The Labute approximate surface area is 210 Å². The molecule has 0 bridgehead atoms. The number of aliphatic imine (C=N–C) groups is 1. The molecule has 196 valence electrons. The minimum absolute atomic E-state index is 0.178. The maximum atomic E-state index is 12.4. The monoisotopic (exact) mass is 488 g/mol. The van der Waals surface area contributed by atoms with E-state index in [-0.39, 0.29) is 35.5 Å². The van der Waals surface area contributed by atoms with Gasteiger partial charge in [-0.3, -0.25) is 9.59 Å². The molecule has 0 aromatic carbocycles. The van der Waals surface area contributed by atoms with Crippen molar-refractivity contribution in [3.8, 4) is 0 Å². The molecule has 1 unspecified atom stereocenters. The van der Waals surface area contributed by atoms with Crippen molar-refractivity contribution >= 4 is 23.7 Å². The van der Waals surface area contributed by atoms with Gasteiger partial charge >= 0.3 is 6.09 Å². The summed E-state index contributed by atoms with van der Waals surface area (Å²) < 4.78 is 5.31. The van der Waals surface area contributed by atoms with E-state index in [9.17, 15) is 19.2 Å². The maximum Gasteiger partial charge on any atom is 0.408 e. The second-order valence-corrected chi connectivity index (χ2v) is 11.9. The van der Waals surface area contributed by atoms with E-state index in [4.69, 9.17) is 4.74 Å². The quantitative estimate of drug-likeness (QED) is 0.349. The van der Waals surface area contributed by atoms with Crippen LogP contribution in [0.5, 0.6) is 0 Å². The van der Waals surface area contributed by atoms with Gasteiger partial charge in [-0.2, -0.15) is 4.99 Å². The molecule has 0 saturated heterocycles. The summed E-state index contributed by atoms with van der Waals surface area (Å²) >= 11 is 0. The minimum atomic E-state index is -0.524. The first-order valence-corrected chi connectivity index (χ1v) is 13.8. The lowest BCUT2D eigenvalue weighted by Gasteiger charge is -2.31. The Bertz CT molecular complexity index is 778. The van der Waals surface area contributed by atoms with Gasteiger partial charge in [0.2, 0.25) is 6.08 Å². The van der Waals surface area contributed by atoms with Crippen LogP contribution in [-0.4, -0.2) is 41.4 Å². The molecule has 4 saturated carbocycles. The summed E-state index contributed by atoms with van der Waals surface area (Å²) in [5.41, 5.74) is -0.524. The molecule has 7 heteroatoms. The summed E-state index contributed by atoms with van der Waals surface area (Å²) in [5.74, 6) is 1.41. The number of Topliss-reactive ketones (excluding diaryl/α,β-unsaturated/α-hetero) is 2. The molecule has 7 nitrogen and oxygen atoms in total. The normalized spacial score (nSPS) is 23.1. The zero-order valence-electron chi connectivity index (χ0n) is 21.9. The first-order chi connectivity index (χ1) is 16.7. The molecule has 0 aliphatic heterocycles. The molecule has 4 aliphatic carbocycles. The molecular formula is C28H44N2O5. The Morgan fingerprint density at radius 1 is 0.771 bits per heavy atom. The highest BCUT2D eigenvalue weighted by molar-refractivity contribution is 5.91. The topological polar surface area (TPSA) is 102 Å². The second kappa shape index (κ2) is 12.8. The van der Waals surface area contributed by atoms with Crippen molar-refractivity contribution in [1.29, 1.82) is 0 Å². The van der Waals surface area contributed by atoms with E-state index in [1.54, 1.807) is 6.08 Å². The van der Waals surface area contributed by atoms with Crippen LogP contribution in [0.1, 0.15) is 111 Å². The van der Waals surface area contributed by atoms with Crippen LogP contribution in [0, 0.1) is 23.7 Å². The SMILES string of the molecule is CC(C)(C)OC(=O)NC(C(=O)C1CC1)C1CCCCC1.O=C=N[C@H](C(=O)C1CC1)C1CCCCC1. The van der Waals surface area contributed by atoms with E-state index in [0.717, 1.165) is 64.2 Å². The third kappa shape index (κ3) is 9.18. The van der Waals surface area contributed by atoms with Gasteiger partial charge in [-0.1, -0.05) is 38.5 Å². The van der Waals surface area contributed by atoms with Crippen molar-refractivity contribution in [2.45, 2.75) is 128 Å². The molecule has 4 aliphatic rings. The Kier molecular flexibility index (Phi) is 10.1. The fourth-order valence-corrected chi connectivity index (χ4v) is 5.46. The highest BCUT2D eigenvalue weighted by Crippen LogP contribution is 2.37. The number of ketones is 2. The molecule has 2 atom stereocenters. The smallest absolute Gasteiger partial charge is 0.408 e. The summed E-state index contributed by atoms with van der Waals surface area (Å²) in [5, 5.41) is 2.85. The largest absolute Gasteiger partial charge is 0.444 e. The molecule has 1 amide bonds. The molecule has 4 rings (SSSR count). The van der Waals surface area contributed by atoms with Crippen LogP contribution in [0.25, 0.3) is 0 Å². The number of carbonyl (C=O) groups excluding carboxylic acids is 4. The molecule has 0 aromatic heterocycles. The maximum absolute atomic E-state index is 12.4. The molecular weight excluding hydrogens is 444 g/mol. The zero-order valence-corrected chi connectivity index (χ0v) is 21.9. The van der Waals surface area contributed by atoms with Crippen LogP contribution >= 0.6 is 0 Å². The standard InChI is InChI=1S/C16H27NO3.C12H17NO2/c1-16(2,3)20-15(19)17-13(14(18)12-9-10-12)11-7-5-4-6-8-11;14-8-13-11(12(15)10-6-7-10)9-4-2-1-3-5-9/h11-13H,4-10H2,1-3H3,(H,17,19);9-11H,1-7H2/t;11-/m.0/s1. The lowest BCUT2D eigenvalue weighted by Crippen LogP contribution is -2.48. The number of isocyanates is 1. The van der Waals surface area contributed by atoms with E-state index in [0.29, 0.717) is 11.8 Å². The molecule has 0 aromatic rings. The minimum Gasteiger partial charge on any atom is -0.444 e. The fraction of sp³-hybridized carbons (Fsp3) is 0.857. The number of carbonyl (C=O) groups is 3. The summed E-state index contributed by atoms with van der Waals surface area (Å²) in [4.78, 5) is 50.4. The number of hydrogen-bond donors (Lipinski definition) is 1. The first-order valence-electron chi connectivity index (χ1n) is 13.8. The van der Waals surface area contributed by atoms with Gasteiger partial charge < -0.3 is 10.1 Å². The lowest BCUT2D eigenvalue weighted by molar-refractivity contribution is -0.124. The molecule has 0 spiro atoms. The van der Waals surface area contributed by atoms with Crippen molar-refractivity contribution in [3.05, 3.63) is 0 Å². The Morgan fingerprint density at radius 2 is 1.26 bits per heavy atom. The third-order valence-corrected chi connectivity index (χ3v) is 7.64. The van der Waals surface area contributed by atoms with E-state index in [1.165, 1.54) is 25.7 Å². The molecule has 1 N–H and O–H groups in total. The number of alkyl carbamates (subject to hydrolysis) is 1. The average Bonchev–Trinajstić information content (AvgIpc) is 3.73. The average molecular weight is 489 g/mol. The van der Waals surface area contributed by atoms with Gasteiger partial charge in [0.1, 0.15) is 11.6 Å². The van der Waals surface area contributed by atoms with Crippen LogP contribution in [0.4, 0.5) is 4.79 Å². The van der Waals surface area contributed by atoms with Crippen molar-refractivity contribution in [2.75, 3.05) is 0 Å². The predicted octanol–water partition coefficient (Wildman–Crippen LogP) is 5.69. The Hall–Kier alpha value is -2.01. The van der Waals surface area contributed by atoms with E-state index in [2.05, 4.69) is 10.3 Å². The highest BCUT2D eigenvalue weighted by Gasteiger charge is 2.40. The van der Waals surface area contributed by atoms with Crippen LogP contribution < -0.4 is 5.32 Å². The summed E-state index contributed by atoms with van der Waals surface area (Å²) in [6, 6.07) is -0.701. The highest BCUT2D eigenvalue weighted by atomic mass is 16.6. The second-order valence-electron chi connectivity index (χ2n) is 11.9. The number of rotatable bonds is 8. The van der Waals surface area contributed by atoms with E-state index < -0.39 is 11.7 Å². The number of amides is 1. The first kappa shape index (κ1) is 27.6. The van der Waals surface area contributed by atoms with E-state index in [1.807, 2.05) is 20.8 Å². The van der Waals surface area contributed by atoms with Gasteiger partial charge in [0.05, 0.1) is 6.04 Å². The van der Waals surface area contributed by atoms with E-state index >= 15 is 0 Å². The Morgan fingerprint density at radius 3 is 1.71 bits per heavy atom. The van der Waals surface area contributed by atoms with Crippen LogP contribution in [0.3, 0.4) is 0 Å². The number of hydrogen-bond acceptors (Lipinski definition) is 6. The van der Waals surface area contributed by atoms with Crippen LogP contribution in [0.15, 0.2) is 4.99 Å². The Balaban J connectivity index is 0.000000203. The van der Waals surface area contributed by atoms with Crippen molar-refractivity contribution in [3.63, 3.8) is 0 Å². The number of ether oxygens (including phenoxy) is 1. The van der Waals surface area contributed by atoms with Crippen molar-refractivity contribution < 1.29 is 23.9 Å². The number of nitrogens with zero attached hydrogens (tertiary/aromatic N) is 1. The third-order valence-electron chi connectivity index (χ3n) is 7.64. The predicted molar refractivity (Wildman–Crippen MR) is 134 cm³/mol. The zero-order chi connectivity index (χ0) is 25.4. The van der Waals surface area contributed by atoms with Crippen molar-refractivity contribution in [2.24, 2.45) is 28.7 Å².